The Balaban J connectivity index is 2.08. The molecule has 0 saturated carbocycles. The Bertz CT molecular complexity index is 553. The third-order valence-electron chi connectivity index (χ3n) is 3.52. The molecule has 94 valence electrons. The van der Waals surface area contributed by atoms with Crippen molar-refractivity contribution in [2.45, 2.75) is 19.3 Å². The highest BCUT2D eigenvalue weighted by Crippen LogP contribution is 2.45. The van der Waals surface area contributed by atoms with Crippen molar-refractivity contribution in [2.24, 2.45) is 0 Å². The fourth-order valence-electron chi connectivity index (χ4n) is 2.93. The molecule has 0 bridgehead atoms. The molecule has 3 rings (SSSR count). The van der Waals surface area contributed by atoms with Gasteiger partial charge in [0.25, 0.3) is 0 Å². The van der Waals surface area contributed by atoms with E-state index >= 15 is 0 Å². The minimum atomic E-state index is -0.844. The normalized spacial score (nSPS) is 20.6. The number of carboxylic acids is 1. The fraction of sp³-hybridized carbons (Fsp3) is 0.385. The van der Waals surface area contributed by atoms with Gasteiger partial charge in [0, 0.05) is 35.8 Å². The Morgan fingerprint density at radius 2 is 2.33 bits per heavy atom. The molecule has 1 aromatic carbocycles. The van der Waals surface area contributed by atoms with Crippen molar-refractivity contribution in [3.05, 3.63) is 23.3 Å². The number of hydrogen-bond acceptors (Lipinski definition) is 3. The highest BCUT2D eigenvalue weighted by atomic mass is 16.4. The summed E-state index contributed by atoms with van der Waals surface area (Å²) in [5.74, 6) is -0.701. The van der Waals surface area contributed by atoms with Crippen molar-refractivity contribution in [1.29, 1.82) is 0 Å². The van der Waals surface area contributed by atoms with Gasteiger partial charge in [-0.05, 0) is 24.6 Å². The second kappa shape index (κ2) is 3.73. The number of amides is 1. The summed E-state index contributed by atoms with van der Waals surface area (Å²) >= 11 is 0. The van der Waals surface area contributed by atoms with Crippen LogP contribution in [0.5, 0.6) is 0 Å². The monoisotopic (exact) mass is 246 g/mol. The number of aryl methyl sites for hydroxylation is 1. The highest BCUT2D eigenvalue weighted by molar-refractivity contribution is 5.97. The maximum atomic E-state index is 11.6. The first-order chi connectivity index (χ1) is 8.54. The van der Waals surface area contributed by atoms with Gasteiger partial charge in [-0.3, -0.25) is 9.59 Å². The van der Waals surface area contributed by atoms with E-state index in [0.29, 0.717) is 13.0 Å². The zero-order valence-electron chi connectivity index (χ0n) is 10.1. The van der Waals surface area contributed by atoms with Crippen LogP contribution in [-0.2, 0) is 9.59 Å². The molecule has 0 saturated heterocycles. The summed E-state index contributed by atoms with van der Waals surface area (Å²) in [6.45, 7) is 2.55. The van der Waals surface area contributed by atoms with E-state index in [9.17, 15) is 9.59 Å². The summed E-state index contributed by atoms with van der Waals surface area (Å²) in [5, 5.41) is 11.8. The predicted molar refractivity (Wildman–Crippen MR) is 67.0 cm³/mol. The predicted octanol–water partition coefficient (Wildman–Crippen LogP) is 1.33. The number of carbonyl (C=O) groups is 2. The number of benzene rings is 1. The van der Waals surface area contributed by atoms with E-state index in [0.717, 1.165) is 22.5 Å². The molecule has 5 heteroatoms. The number of anilines is 2. The molecule has 18 heavy (non-hydrogen) atoms. The van der Waals surface area contributed by atoms with Crippen LogP contribution < -0.4 is 10.2 Å². The molecular weight excluding hydrogens is 232 g/mol. The van der Waals surface area contributed by atoms with Gasteiger partial charge in [0.1, 0.15) is 6.54 Å². The lowest BCUT2D eigenvalue weighted by Crippen LogP contribution is -2.29. The van der Waals surface area contributed by atoms with Gasteiger partial charge in [-0.2, -0.15) is 0 Å². The Hall–Kier alpha value is -2.04. The number of carboxylic acid groups (broad SMARTS) is 1. The Morgan fingerprint density at radius 1 is 1.56 bits per heavy atom. The maximum Gasteiger partial charge on any atom is 0.323 e. The summed E-state index contributed by atoms with van der Waals surface area (Å²) in [4.78, 5) is 24.3. The molecule has 0 aliphatic carbocycles. The summed E-state index contributed by atoms with van der Waals surface area (Å²) in [6.07, 6.45) is 0.444. The summed E-state index contributed by atoms with van der Waals surface area (Å²) in [5.41, 5.74) is 3.93. The molecule has 1 unspecified atom stereocenters. The van der Waals surface area contributed by atoms with Crippen molar-refractivity contribution < 1.29 is 14.7 Å². The SMILES string of the molecule is Cc1cc2c3c(c1)N(CC(=O)O)CC3CC(=O)N2. The molecule has 1 amide bonds. The zero-order chi connectivity index (χ0) is 12.9. The third kappa shape index (κ3) is 1.63. The molecule has 0 radical (unpaired) electrons. The molecule has 2 aliphatic heterocycles. The number of hydrogen-bond donors (Lipinski definition) is 2. The van der Waals surface area contributed by atoms with Crippen LogP contribution in [0, 0.1) is 6.92 Å². The first-order valence-electron chi connectivity index (χ1n) is 5.95. The van der Waals surface area contributed by atoms with E-state index in [-0.39, 0.29) is 18.4 Å². The van der Waals surface area contributed by atoms with Crippen molar-refractivity contribution in [2.75, 3.05) is 23.3 Å². The lowest BCUT2D eigenvalue weighted by Gasteiger charge is -2.21. The molecule has 0 spiro atoms. The molecular formula is C13H14N2O3. The van der Waals surface area contributed by atoms with E-state index in [1.54, 1.807) is 0 Å². The number of carbonyl (C=O) groups excluding carboxylic acids is 1. The standard InChI is InChI=1S/C13H14N2O3/c1-7-2-9-13-8(4-11(16)14-9)5-15(6-12(17)18)10(13)3-7/h2-3,8H,4-6H2,1H3,(H,14,16)(H,17,18). The van der Waals surface area contributed by atoms with E-state index < -0.39 is 5.97 Å². The fourth-order valence-corrected chi connectivity index (χ4v) is 2.93. The number of aliphatic carboxylic acids is 1. The topological polar surface area (TPSA) is 69.6 Å². The molecule has 1 aromatic rings. The second-order valence-corrected chi connectivity index (χ2v) is 4.97. The van der Waals surface area contributed by atoms with Crippen LogP contribution in [-0.4, -0.2) is 30.1 Å². The summed E-state index contributed by atoms with van der Waals surface area (Å²) < 4.78 is 0. The van der Waals surface area contributed by atoms with E-state index in [2.05, 4.69) is 5.32 Å². The van der Waals surface area contributed by atoms with Gasteiger partial charge < -0.3 is 15.3 Å². The average Bonchev–Trinajstić information content (AvgIpc) is 2.55. The number of nitrogens with one attached hydrogen (secondary N) is 1. The van der Waals surface area contributed by atoms with Gasteiger partial charge in [0.05, 0.1) is 0 Å². The van der Waals surface area contributed by atoms with E-state index in [4.69, 9.17) is 5.11 Å². The molecule has 0 aromatic heterocycles. The van der Waals surface area contributed by atoms with Gasteiger partial charge in [0.2, 0.25) is 5.91 Å². The van der Waals surface area contributed by atoms with Crippen LogP contribution in [0.2, 0.25) is 0 Å². The molecule has 1 atom stereocenters. The molecule has 2 N–H and O–H groups in total. The third-order valence-corrected chi connectivity index (χ3v) is 3.52. The van der Waals surface area contributed by atoms with E-state index in [1.165, 1.54) is 0 Å². The quantitative estimate of drug-likeness (QED) is 0.825. The van der Waals surface area contributed by atoms with Crippen LogP contribution in [0.3, 0.4) is 0 Å². The first-order valence-corrected chi connectivity index (χ1v) is 5.95. The Kier molecular flexibility index (Phi) is 2.29. The Labute approximate surface area is 104 Å². The molecule has 2 heterocycles. The molecule has 2 aliphatic rings. The van der Waals surface area contributed by atoms with Gasteiger partial charge in [0.15, 0.2) is 0 Å². The summed E-state index contributed by atoms with van der Waals surface area (Å²) in [6, 6.07) is 3.95. The lowest BCUT2D eigenvalue weighted by atomic mass is 9.91. The summed E-state index contributed by atoms with van der Waals surface area (Å²) in [7, 11) is 0. The minimum absolute atomic E-state index is 0.0133. The number of rotatable bonds is 2. The first kappa shape index (κ1) is 11.1. The Morgan fingerprint density at radius 3 is 3.06 bits per heavy atom. The maximum absolute atomic E-state index is 11.6. The van der Waals surface area contributed by atoms with Crippen molar-refractivity contribution in [3.63, 3.8) is 0 Å². The smallest absolute Gasteiger partial charge is 0.323 e. The zero-order valence-corrected chi connectivity index (χ0v) is 10.1. The average molecular weight is 246 g/mol. The lowest BCUT2D eigenvalue weighted by molar-refractivity contribution is -0.135. The van der Waals surface area contributed by atoms with E-state index in [1.807, 2.05) is 24.0 Å². The van der Waals surface area contributed by atoms with Crippen LogP contribution in [0.25, 0.3) is 0 Å². The molecule has 0 fully saturated rings. The van der Waals surface area contributed by atoms with Crippen molar-refractivity contribution >= 4 is 23.3 Å². The van der Waals surface area contributed by atoms with Gasteiger partial charge in [-0.25, -0.2) is 0 Å². The van der Waals surface area contributed by atoms with Gasteiger partial charge in [-0.1, -0.05) is 0 Å². The minimum Gasteiger partial charge on any atom is -0.480 e. The van der Waals surface area contributed by atoms with Crippen molar-refractivity contribution in [1.82, 2.24) is 0 Å². The van der Waals surface area contributed by atoms with Crippen LogP contribution >= 0.6 is 0 Å². The number of nitrogens with zero attached hydrogens (tertiary/aromatic N) is 1. The van der Waals surface area contributed by atoms with Gasteiger partial charge in [-0.15, -0.1) is 0 Å². The molecule has 5 nitrogen and oxygen atoms in total. The second-order valence-electron chi connectivity index (χ2n) is 4.97. The van der Waals surface area contributed by atoms with Crippen LogP contribution in [0.1, 0.15) is 23.5 Å². The van der Waals surface area contributed by atoms with Crippen LogP contribution in [0.15, 0.2) is 12.1 Å². The van der Waals surface area contributed by atoms with Gasteiger partial charge >= 0.3 is 5.97 Å². The van der Waals surface area contributed by atoms with Crippen molar-refractivity contribution in [3.8, 4) is 0 Å². The largest absolute Gasteiger partial charge is 0.480 e. The van der Waals surface area contributed by atoms with Crippen LogP contribution in [0.4, 0.5) is 11.4 Å². The highest BCUT2D eigenvalue weighted by Gasteiger charge is 2.36.